The minimum atomic E-state index is -0.444. The van der Waals surface area contributed by atoms with E-state index in [1.807, 2.05) is 25.1 Å². The van der Waals surface area contributed by atoms with Gasteiger partial charge in [-0.25, -0.2) is 0 Å². The van der Waals surface area contributed by atoms with E-state index in [1.54, 1.807) is 0 Å². The maximum Gasteiger partial charge on any atom is 0.306 e. The first-order valence-corrected chi connectivity index (χ1v) is 7.05. The lowest BCUT2D eigenvalue weighted by molar-refractivity contribution is -0.168. The van der Waals surface area contributed by atoms with Crippen LogP contribution in [-0.4, -0.2) is 30.5 Å². The molecule has 19 heavy (non-hydrogen) atoms. The average molecular weight is 261 g/mol. The molecule has 0 N–H and O–H groups in total. The Morgan fingerprint density at radius 1 is 1.42 bits per heavy atom. The maximum absolute atomic E-state index is 11.8. The Morgan fingerprint density at radius 3 is 2.68 bits per heavy atom. The van der Waals surface area contributed by atoms with E-state index in [4.69, 9.17) is 4.74 Å². The van der Waals surface area contributed by atoms with Crippen LogP contribution in [0.4, 0.5) is 0 Å². The van der Waals surface area contributed by atoms with Crippen LogP contribution in [0.5, 0.6) is 0 Å². The highest BCUT2D eigenvalue weighted by atomic mass is 16.6. The second kappa shape index (κ2) is 5.74. The van der Waals surface area contributed by atoms with E-state index >= 15 is 0 Å². The van der Waals surface area contributed by atoms with Crippen molar-refractivity contribution in [3.05, 3.63) is 35.9 Å². The molecule has 0 bridgehead atoms. The van der Waals surface area contributed by atoms with Crippen molar-refractivity contribution >= 4 is 5.97 Å². The van der Waals surface area contributed by atoms with Crippen LogP contribution in [0.1, 0.15) is 38.7 Å². The fourth-order valence-corrected chi connectivity index (χ4v) is 2.76. The van der Waals surface area contributed by atoms with Crippen LogP contribution in [-0.2, 0) is 15.1 Å². The largest absolute Gasteiger partial charge is 0.454 e. The van der Waals surface area contributed by atoms with Crippen molar-refractivity contribution in [1.82, 2.24) is 4.90 Å². The Balaban J connectivity index is 2.31. The van der Waals surface area contributed by atoms with Gasteiger partial charge in [0.1, 0.15) is 5.60 Å². The van der Waals surface area contributed by atoms with E-state index < -0.39 is 5.60 Å². The molecule has 1 aliphatic heterocycles. The van der Waals surface area contributed by atoms with Gasteiger partial charge in [0, 0.05) is 31.8 Å². The number of nitrogens with zero attached hydrogens (tertiary/aromatic N) is 1. The molecule has 3 heteroatoms. The summed E-state index contributed by atoms with van der Waals surface area (Å²) in [6, 6.07) is 10.6. The van der Waals surface area contributed by atoms with Crippen molar-refractivity contribution in [1.29, 1.82) is 0 Å². The molecule has 0 saturated carbocycles. The second-order valence-corrected chi connectivity index (χ2v) is 5.47. The highest BCUT2D eigenvalue weighted by molar-refractivity contribution is 5.69. The SMILES string of the molecule is CCC(=O)OC1(c2ccccc2)CCN(C)C(C)C1. The smallest absolute Gasteiger partial charge is 0.306 e. The molecule has 0 aromatic heterocycles. The van der Waals surface area contributed by atoms with Crippen LogP contribution in [0.2, 0.25) is 0 Å². The quantitative estimate of drug-likeness (QED) is 0.783. The molecule has 104 valence electrons. The number of esters is 1. The van der Waals surface area contributed by atoms with Crippen LogP contribution in [0.3, 0.4) is 0 Å². The summed E-state index contributed by atoms with van der Waals surface area (Å²) < 4.78 is 5.87. The maximum atomic E-state index is 11.8. The zero-order chi connectivity index (χ0) is 13.9. The van der Waals surface area contributed by atoms with Gasteiger partial charge in [0.05, 0.1) is 0 Å². The van der Waals surface area contributed by atoms with Gasteiger partial charge in [-0.05, 0) is 19.5 Å². The minimum Gasteiger partial charge on any atom is -0.454 e. The lowest BCUT2D eigenvalue weighted by atomic mass is 9.81. The van der Waals surface area contributed by atoms with Crippen molar-refractivity contribution in [2.45, 2.75) is 44.8 Å². The molecule has 3 nitrogen and oxygen atoms in total. The normalized spacial score (nSPS) is 28.1. The zero-order valence-corrected chi connectivity index (χ0v) is 12.1. The highest BCUT2D eigenvalue weighted by Crippen LogP contribution is 2.39. The van der Waals surface area contributed by atoms with E-state index in [2.05, 4.69) is 31.0 Å². The fraction of sp³-hybridized carbons (Fsp3) is 0.562. The van der Waals surface area contributed by atoms with Crippen molar-refractivity contribution in [2.24, 2.45) is 0 Å². The first kappa shape index (κ1) is 14.1. The lowest BCUT2D eigenvalue weighted by Crippen LogP contribution is -2.48. The number of carbonyl (C=O) groups excluding carboxylic acids is 1. The summed E-state index contributed by atoms with van der Waals surface area (Å²) in [6.07, 6.45) is 2.15. The van der Waals surface area contributed by atoms with Crippen LogP contribution < -0.4 is 0 Å². The van der Waals surface area contributed by atoms with Crippen molar-refractivity contribution in [2.75, 3.05) is 13.6 Å². The molecular weight excluding hydrogens is 238 g/mol. The molecule has 1 aromatic rings. The van der Waals surface area contributed by atoms with E-state index in [0.717, 1.165) is 24.9 Å². The van der Waals surface area contributed by atoms with Crippen molar-refractivity contribution in [3.8, 4) is 0 Å². The van der Waals surface area contributed by atoms with Crippen molar-refractivity contribution in [3.63, 3.8) is 0 Å². The number of carbonyl (C=O) groups is 1. The van der Waals surface area contributed by atoms with Gasteiger partial charge >= 0.3 is 5.97 Å². The summed E-state index contributed by atoms with van der Waals surface area (Å²) in [5, 5.41) is 0. The summed E-state index contributed by atoms with van der Waals surface area (Å²) in [5.74, 6) is -0.111. The molecule has 0 radical (unpaired) electrons. The first-order chi connectivity index (χ1) is 9.07. The predicted octanol–water partition coefficient (Wildman–Crippen LogP) is 2.95. The van der Waals surface area contributed by atoms with E-state index in [1.165, 1.54) is 0 Å². The molecule has 1 aliphatic rings. The van der Waals surface area contributed by atoms with Crippen LogP contribution in [0.15, 0.2) is 30.3 Å². The number of benzene rings is 1. The first-order valence-electron chi connectivity index (χ1n) is 7.05. The molecule has 0 spiro atoms. The molecule has 2 rings (SSSR count). The molecule has 0 aliphatic carbocycles. The second-order valence-electron chi connectivity index (χ2n) is 5.47. The van der Waals surface area contributed by atoms with Gasteiger partial charge in [-0.15, -0.1) is 0 Å². The highest BCUT2D eigenvalue weighted by Gasteiger charge is 2.41. The van der Waals surface area contributed by atoms with Gasteiger partial charge in [-0.2, -0.15) is 0 Å². The third kappa shape index (κ3) is 2.98. The molecule has 1 aromatic carbocycles. The number of hydrogen-bond donors (Lipinski definition) is 0. The number of ether oxygens (including phenoxy) is 1. The predicted molar refractivity (Wildman–Crippen MR) is 75.8 cm³/mol. The third-order valence-corrected chi connectivity index (χ3v) is 4.14. The number of hydrogen-bond acceptors (Lipinski definition) is 3. The van der Waals surface area contributed by atoms with Crippen LogP contribution >= 0.6 is 0 Å². The van der Waals surface area contributed by atoms with Crippen LogP contribution in [0, 0.1) is 0 Å². The van der Waals surface area contributed by atoms with Gasteiger partial charge in [0.25, 0.3) is 0 Å². The third-order valence-electron chi connectivity index (χ3n) is 4.14. The monoisotopic (exact) mass is 261 g/mol. The number of rotatable bonds is 3. The molecule has 1 fully saturated rings. The van der Waals surface area contributed by atoms with E-state index in [0.29, 0.717) is 12.5 Å². The van der Waals surface area contributed by atoms with E-state index in [-0.39, 0.29) is 5.97 Å². The Labute approximate surface area is 115 Å². The number of likely N-dealkylation sites (tertiary alicyclic amines) is 1. The lowest BCUT2D eigenvalue weighted by Gasteiger charge is -2.44. The fourth-order valence-electron chi connectivity index (χ4n) is 2.76. The summed E-state index contributed by atoms with van der Waals surface area (Å²) >= 11 is 0. The Bertz CT molecular complexity index is 432. The molecular formula is C16H23NO2. The Hall–Kier alpha value is -1.35. The molecule has 1 saturated heterocycles. The standard InChI is InChI=1S/C16H23NO2/c1-4-15(18)19-16(14-8-6-5-7-9-14)10-11-17(3)13(2)12-16/h5-9,13H,4,10-12H2,1-3H3. The topological polar surface area (TPSA) is 29.5 Å². The van der Waals surface area contributed by atoms with Gasteiger partial charge in [-0.3, -0.25) is 4.79 Å². The zero-order valence-electron chi connectivity index (χ0n) is 12.1. The molecule has 2 unspecified atom stereocenters. The Kier molecular flexibility index (Phi) is 4.25. The molecule has 1 heterocycles. The van der Waals surface area contributed by atoms with Gasteiger partial charge in [0.15, 0.2) is 0 Å². The molecule has 0 amide bonds. The van der Waals surface area contributed by atoms with Crippen molar-refractivity contribution < 1.29 is 9.53 Å². The van der Waals surface area contributed by atoms with Crippen LogP contribution in [0.25, 0.3) is 0 Å². The summed E-state index contributed by atoms with van der Waals surface area (Å²) in [6.45, 7) is 4.99. The number of piperidine rings is 1. The van der Waals surface area contributed by atoms with Gasteiger partial charge in [-0.1, -0.05) is 37.3 Å². The van der Waals surface area contributed by atoms with Gasteiger partial charge < -0.3 is 9.64 Å². The van der Waals surface area contributed by atoms with E-state index in [9.17, 15) is 4.79 Å². The molecule has 2 atom stereocenters. The summed E-state index contributed by atoms with van der Waals surface area (Å²) in [4.78, 5) is 14.1. The summed E-state index contributed by atoms with van der Waals surface area (Å²) in [5.41, 5.74) is 0.678. The summed E-state index contributed by atoms with van der Waals surface area (Å²) in [7, 11) is 2.13. The van der Waals surface area contributed by atoms with Gasteiger partial charge in [0.2, 0.25) is 0 Å². The minimum absolute atomic E-state index is 0.111. The Morgan fingerprint density at radius 2 is 2.11 bits per heavy atom. The average Bonchev–Trinajstić information content (AvgIpc) is 2.44.